The second-order valence-electron chi connectivity index (χ2n) is 7.92. The monoisotopic (exact) mass is 403 g/mol. The van der Waals surface area contributed by atoms with Crippen LogP contribution in [-0.4, -0.2) is 41.6 Å². The third-order valence-corrected chi connectivity index (χ3v) is 4.97. The number of hydrogen-bond acceptors (Lipinski definition) is 4. The third kappa shape index (κ3) is 4.50. The maximum Gasteiger partial charge on any atom is 0.443 e. The number of rotatable bonds is 9. The molecule has 0 aromatic heterocycles. The van der Waals surface area contributed by atoms with Crippen LogP contribution in [0.25, 0.3) is 0 Å². The van der Waals surface area contributed by atoms with Crippen LogP contribution in [0.3, 0.4) is 0 Å². The highest BCUT2D eigenvalue weighted by molar-refractivity contribution is 5.99. The van der Waals surface area contributed by atoms with Crippen molar-refractivity contribution in [2.24, 2.45) is 5.92 Å². The molecule has 0 radical (unpaired) electrons. The lowest BCUT2D eigenvalue weighted by molar-refractivity contribution is -0.384. The lowest BCUT2D eigenvalue weighted by Gasteiger charge is -2.38. The normalized spacial score (nSPS) is 21.1. The first kappa shape index (κ1) is 22.6. The zero-order chi connectivity index (χ0) is 21.2. The molecule has 5 nitrogen and oxygen atoms in total. The Morgan fingerprint density at radius 3 is 2.43 bits per heavy atom. The SMILES string of the molecule is CON1C(=O)c2ccccc2C1(OCC[C@@H](C)CCCC(C)(C)O)C(F)(F)F. The minimum Gasteiger partial charge on any atom is -0.390 e. The Bertz CT molecular complexity index is 687. The number of ether oxygens (including phenoxy) is 1. The lowest BCUT2D eigenvalue weighted by Crippen LogP contribution is -2.55. The maximum absolute atomic E-state index is 14.1. The lowest BCUT2D eigenvalue weighted by atomic mass is 9.95. The molecule has 0 bridgehead atoms. The Kier molecular flexibility index (Phi) is 6.78. The van der Waals surface area contributed by atoms with Gasteiger partial charge in [-0.25, -0.2) is 0 Å². The van der Waals surface area contributed by atoms with Crippen LogP contribution < -0.4 is 0 Å². The van der Waals surface area contributed by atoms with Crippen LogP contribution >= 0.6 is 0 Å². The molecule has 1 N–H and O–H groups in total. The molecule has 0 saturated heterocycles. The highest BCUT2D eigenvalue weighted by Gasteiger charge is 2.68. The highest BCUT2D eigenvalue weighted by atomic mass is 19.4. The number of aliphatic hydroxyl groups is 1. The summed E-state index contributed by atoms with van der Waals surface area (Å²) in [5.74, 6) is -0.773. The van der Waals surface area contributed by atoms with Gasteiger partial charge in [-0.05, 0) is 38.7 Å². The molecule has 0 aliphatic carbocycles. The number of alkyl halides is 3. The molecule has 158 valence electrons. The van der Waals surface area contributed by atoms with E-state index in [0.29, 0.717) is 12.8 Å². The molecule has 2 rings (SSSR count). The average molecular weight is 403 g/mol. The Morgan fingerprint density at radius 2 is 1.86 bits per heavy atom. The number of benzene rings is 1. The summed E-state index contributed by atoms with van der Waals surface area (Å²) in [5.41, 5.74) is -4.06. The largest absolute Gasteiger partial charge is 0.443 e. The van der Waals surface area contributed by atoms with E-state index in [1.165, 1.54) is 24.3 Å². The molecule has 0 spiro atoms. The van der Waals surface area contributed by atoms with Crippen molar-refractivity contribution in [1.82, 2.24) is 5.06 Å². The van der Waals surface area contributed by atoms with Crippen molar-refractivity contribution >= 4 is 5.91 Å². The van der Waals surface area contributed by atoms with Crippen LogP contribution in [0.4, 0.5) is 13.2 Å². The summed E-state index contributed by atoms with van der Waals surface area (Å²) in [7, 11) is 1.02. The Hall–Kier alpha value is -1.64. The topological polar surface area (TPSA) is 59.0 Å². The van der Waals surface area contributed by atoms with Crippen LogP contribution in [0.1, 0.15) is 62.4 Å². The van der Waals surface area contributed by atoms with Crippen molar-refractivity contribution < 1.29 is 32.6 Å². The van der Waals surface area contributed by atoms with Crippen LogP contribution in [0.2, 0.25) is 0 Å². The fourth-order valence-corrected chi connectivity index (χ4v) is 3.46. The first-order chi connectivity index (χ1) is 12.9. The van der Waals surface area contributed by atoms with Gasteiger partial charge in [0.05, 0.1) is 24.9 Å². The van der Waals surface area contributed by atoms with E-state index in [-0.39, 0.29) is 28.7 Å². The van der Waals surface area contributed by atoms with Gasteiger partial charge in [0.1, 0.15) is 0 Å². The minimum absolute atomic E-state index is 0.0834. The molecular weight excluding hydrogens is 375 g/mol. The van der Waals surface area contributed by atoms with Crippen molar-refractivity contribution in [3.8, 4) is 0 Å². The van der Waals surface area contributed by atoms with Crippen molar-refractivity contribution in [3.05, 3.63) is 35.4 Å². The molecule has 1 aliphatic rings. The third-order valence-electron chi connectivity index (χ3n) is 4.97. The van der Waals surface area contributed by atoms with Crippen LogP contribution in [0, 0.1) is 5.92 Å². The van der Waals surface area contributed by atoms with E-state index in [4.69, 9.17) is 9.57 Å². The van der Waals surface area contributed by atoms with E-state index in [2.05, 4.69) is 0 Å². The molecule has 1 aliphatic heterocycles. The molecule has 1 aromatic rings. The van der Waals surface area contributed by atoms with E-state index in [0.717, 1.165) is 20.0 Å². The van der Waals surface area contributed by atoms with Gasteiger partial charge in [0.15, 0.2) is 0 Å². The van der Waals surface area contributed by atoms with E-state index < -0.39 is 23.4 Å². The number of carbonyl (C=O) groups excluding carboxylic acids is 1. The molecule has 8 heteroatoms. The quantitative estimate of drug-likeness (QED) is 0.664. The zero-order valence-corrected chi connectivity index (χ0v) is 16.7. The molecule has 28 heavy (non-hydrogen) atoms. The molecule has 2 atom stereocenters. The first-order valence-electron chi connectivity index (χ1n) is 9.35. The molecule has 0 fully saturated rings. The number of fused-ring (bicyclic) bond motifs is 1. The van der Waals surface area contributed by atoms with Gasteiger partial charge in [0.25, 0.3) is 11.6 Å². The van der Waals surface area contributed by atoms with Crippen molar-refractivity contribution in [1.29, 1.82) is 0 Å². The van der Waals surface area contributed by atoms with Gasteiger partial charge in [-0.3, -0.25) is 9.63 Å². The number of carbonyl (C=O) groups is 1. The molecule has 1 amide bonds. The predicted octanol–water partition coefficient (Wildman–Crippen LogP) is 4.40. The summed E-state index contributed by atoms with van der Waals surface area (Å²) in [4.78, 5) is 17.2. The summed E-state index contributed by atoms with van der Waals surface area (Å²) in [6, 6.07) is 5.52. The van der Waals surface area contributed by atoms with E-state index in [9.17, 15) is 23.1 Å². The smallest absolute Gasteiger partial charge is 0.390 e. The van der Waals surface area contributed by atoms with Gasteiger partial charge in [0.2, 0.25) is 0 Å². The summed E-state index contributed by atoms with van der Waals surface area (Å²) in [6.07, 6.45) is -2.35. The summed E-state index contributed by atoms with van der Waals surface area (Å²) < 4.78 is 47.8. The Labute approximate surface area is 163 Å². The van der Waals surface area contributed by atoms with E-state index in [1.54, 1.807) is 13.8 Å². The fraction of sp³-hybridized carbons (Fsp3) is 0.650. The van der Waals surface area contributed by atoms with E-state index in [1.807, 2.05) is 6.92 Å². The van der Waals surface area contributed by atoms with Crippen LogP contribution in [0.5, 0.6) is 0 Å². The molecule has 0 saturated carbocycles. The van der Waals surface area contributed by atoms with Crippen molar-refractivity contribution in [2.75, 3.05) is 13.7 Å². The fourth-order valence-electron chi connectivity index (χ4n) is 3.46. The molecule has 1 unspecified atom stereocenters. The summed E-state index contributed by atoms with van der Waals surface area (Å²) in [6.45, 7) is 5.18. The molecule has 1 aromatic carbocycles. The van der Waals surface area contributed by atoms with Gasteiger partial charge < -0.3 is 9.84 Å². The van der Waals surface area contributed by atoms with Gasteiger partial charge >= 0.3 is 6.18 Å². The van der Waals surface area contributed by atoms with Gasteiger partial charge in [-0.15, -0.1) is 0 Å². The predicted molar refractivity (Wildman–Crippen MR) is 97.2 cm³/mol. The second-order valence-corrected chi connectivity index (χ2v) is 7.92. The van der Waals surface area contributed by atoms with Gasteiger partial charge in [-0.1, -0.05) is 38.0 Å². The molecular formula is C20H28F3NO4. The Balaban J connectivity index is 2.14. The minimum atomic E-state index is -4.88. The summed E-state index contributed by atoms with van der Waals surface area (Å²) >= 11 is 0. The maximum atomic E-state index is 14.1. The number of hydrogen-bond donors (Lipinski definition) is 1. The van der Waals surface area contributed by atoms with Crippen LogP contribution in [-0.2, 0) is 15.3 Å². The standard InChI is InChI=1S/C20H28F3NO4/c1-14(8-7-12-18(2,3)26)11-13-28-19(20(21,22)23)16-10-6-5-9-15(16)17(25)24(19)27-4/h5-6,9-10,14,26H,7-8,11-13H2,1-4H3/t14-,19?/m0/s1. The number of halogens is 3. The second kappa shape index (κ2) is 8.39. The first-order valence-corrected chi connectivity index (χ1v) is 9.35. The zero-order valence-electron chi connectivity index (χ0n) is 16.7. The average Bonchev–Trinajstić information content (AvgIpc) is 2.83. The van der Waals surface area contributed by atoms with Crippen LogP contribution in [0.15, 0.2) is 24.3 Å². The highest BCUT2D eigenvalue weighted by Crippen LogP contribution is 2.50. The van der Waals surface area contributed by atoms with Gasteiger partial charge in [-0.2, -0.15) is 18.2 Å². The van der Waals surface area contributed by atoms with Crippen molar-refractivity contribution in [3.63, 3.8) is 0 Å². The molecule has 1 heterocycles. The van der Waals surface area contributed by atoms with E-state index >= 15 is 0 Å². The summed E-state index contributed by atoms with van der Waals surface area (Å²) in [5, 5.41) is 10.0. The number of nitrogens with zero attached hydrogens (tertiary/aromatic N) is 1. The van der Waals surface area contributed by atoms with Crippen molar-refractivity contribution in [2.45, 2.75) is 64.0 Å². The number of amides is 1. The van der Waals surface area contributed by atoms with Gasteiger partial charge in [0, 0.05) is 5.56 Å². The Morgan fingerprint density at radius 1 is 1.21 bits per heavy atom. The number of hydroxylamine groups is 2.